The molecule has 1 aromatic carbocycles. The molecule has 0 saturated carbocycles. The molecular weight excluding hydrogens is 470 g/mol. The van der Waals surface area contributed by atoms with E-state index in [9.17, 15) is 4.79 Å². The Labute approximate surface area is 215 Å². The molecule has 0 spiro atoms. The molecule has 0 radical (unpaired) electrons. The summed E-state index contributed by atoms with van der Waals surface area (Å²) < 4.78 is 7.04. The third-order valence-electron chi connectivity index (χ3n) is 6.59. The minimum atomic E-state index is -0.350. The van der Waals surface area contributed by atoms with Gasteiger partial charge < -0.3 is 19.5 Å². The summed E-state index contributed by atoms with van der Waals surface area (Å²) in [6.45, 7) is 4.79. The Hall–Kier alpha value is -4.04. The van der Waals surface area contributed by atoms with Crippen molar-refractivity contribution in [3.63, 3.8) is 0 Å². The van der Waals surface area contributed by atoms with Gasteiger partial charge in [0.2, 0.25) is 0 Å². The molecule has 1 fully saturated rings. The molecule has 4 heterocycles. The van der Waals surface area contributed by atoms with Gasteiger partial charge in [-0.1, -0.05) is 12.1 Å². The van der Waals surface area contributed by atoms with Gasteiger partial charge >= 0.3 is 5.97 Å². The molecule has 1 N–H and O–H groups in total. The van der Waals surface area contributed by atoms with E-state index < -0.39 is 0 Å². The van der Waals surface area contributed by atoms with Crippen LogP contribution in [0.1, 0.15) is 50.8 Å². The minimum Gasteiger partial charge on any atom is -0.465 e. The number of carbonyl (C=O) groups excluding carboxylic acids is 1. The molecule has 4 aromatic rings. The van der Waals surface area contributed by atoms with Gasteiger partial charge in [0.15, 0.2) is 5.11 Å². The predicted molar refractivity (Wildman–Crippen MR) is 142 cm³/mol. The molecule has 36 heavy (non-hydrogen) atoms. The van der Waals surface area contributed by atoms with Crippen LogP contribution in [0.3, 0.4) is 0 Å². The Morgan fingerprint density at radius 3 is 2.39 bits per heavy atom. The van der Waals surface area contributed by atoms with Gasteiger partial charge in [0.25, 0.3) is 0 Å². The van der Waals surface area contributed by atoms with Crippen LogP contribution in [0.4, 0.5) is 0 Å². The largest absolute Gasteiger partial charge is 0.465 e. The van der Waals surface area contributed by atoms with Crippen LogP contribution in [-0.4, -0.2) is 37.6 Å². The third-order valence-corrected chi connectivity index (χ3v) is 6.94. The zero-order valence-electron chi connectivity index (χ0n) is 20.4. The molecule has 1 aliphatic heterocycles. The second kappa shape index (κ2) is 9.91. The van der Waals surface area contributed by atoms with Crippen LogP contribution in [0.2, 0.25) is 0 Å². The Balaban J connectivity index is 1.58. The number of aromatic nitrogens is 3. The fraction of sp³-hybridized carbons (Fsp3) is 0.214. The first-order valence-corrected chi connectivity index (χ1v) is 12.1. The average molecular weight is 498 g/mol. The second-order valence-corrected chi connectivity index (χ2v) is 9.16. The maximum atomic E-state index is 11.9. The number of aryl methyl sites for hydroxylation is 1. The molecule has 0 unspecified atom stereocenters. The van der Waals surface area contributed by atoms with Crippen LogP contribution in [0.5, 0.6) is 0 Å². The van der Waals surface area contributed by atoms with Crippen molar-refractivity contribution in [2.75, 3.05) is 7.11 Å². The fourth-order valence-electron chi connectivity index (χ4n) is 4.93. The van der Waals surface area contributed by atoms with Crippen molar-refractivity contribution in [3.05, 3.63) is 113 Å². The van der Waals surface area contributed by atoms with Crippen molar-refractivity contribution in [2.45, 2.75) is 32.5 Å². The van der Waals surface area contributed by atoms with Crippen LogP contribution >= 0.6 is 12.2 Å². The smallest absolute Gasteiger partial charge is 0.337 e. The van der Waals surface area contributed by atoms with E-state index in [0.29, 0.717) is 17.2 Å². The predicted octanol–water partition coefficient (Wildman–Crippen LogP) is 4.84. The molecule has 0 amide bonds. The Kier molecular flexibility index (Phi) is 6.52. The van der Waals surface area contributed by atoms with Crippen LogP contribution in [0.25, 0.3) is 5.69 Å². The molecule has 3 aromatic heterocycles. The first-order valence-electron chi connectivity index (χ1n) is 11.7. The number of benzene rings is 1. The number of nitrogens with zero attached hydrogens (tertiary/aromatic N) is 4. The van der Waals surface area contributed by atoms with E-state index in [1.807, 2.05) is 54.7 Å². The normalized spacial score (nSPS) is 17.2. The second-order valence-electron chi connectivity index (χ2n) is 8.78. The van der Waals surface area contributed by atoms with Crippen LogP contribution < -0.4 is 5.32 Å². The molecule has 1 saturated heterocycles. The van der Waals surface area contributed by atoms with Crippen molar-refractivity contribution < 1.29 is 9.53 Å². The highest BCUT2D eigenvalue weighted by Gasteiger charge is 2.41. The maximum absolute atomic E-state index is 11.9. The van der Waals surface area contributed by atoms with Gasteiger partial charge in [-0.3, -0.25) is 9.97 Å². The van der Waals surface area contributed by atoms with Crippen LogP contribution in [0.15, 0.2) is 79.1 Å². The number of thiocarbonyl (C=S) groups is 1. The molecule has 0 bridgehead atoms. The first kappa shape index (κ1) is 23.7. The molecule has 182 valence electrons. The van der Waals surface area contributed by atoms with Crippen LogP contribution in [-0.2, 0) is 11.3 Å². The monoisotopic (exact) mass is 497 g/mol. The number of nitrogens with one attached hydrogen (secondary N) is 1. The molecular formula is C28H27N5O2S. The highest BCUT2D eigenvalue weighted by Crippen LogP contribution is 2.42. The average Bonchev–Trinajstić information content (AvgIpc) is 3.39. The number of hydrogen-bond acceptors (Lipinski definition) is 5. The summed E-state index contributed by atoms with van der Waals surface area (Å²) in [4.78, 5) is 23.3. The Morgan fingerprint density at radius 1 is 1.03 bits per heavy atom. The number of hydrogen-bond donors (Lipinski definition) is 1. The van der Waals surface area contributed by atoms with Crippen molar-refractivity contribution in [3.8, 4) is 5.69 Å². The van der Waals surface area contributed by atoms with Gasteiger partial charge in [-0.25, -0.2) is 4.79 Å². The summed E-state index contributed by atoms with van der Waals surface area (Å²) in [5, 5.41) is 4.19. The Morgan fingerprint density at radius 2 is 1.75 bits per heavy atom. The fourth-order valence-corrected chi connectivity index (χ4v) is 5.23. The molecule has 8 heteroatoms. The summed E-state index contributed by atoms with van der Waals surface area (Å²) in [5.41, 5.74) is 6.71. The maximum Gasteiger partial charge on any atom is 0.337 e. The van der Waals surface area contributed by atoms with Crippen molar-refractivity contribution in [2.24, 2.45) is 0 Å². The Bertz CT molecular complexity index is 1390. The van der Waals surface area contributed by atoms with E-state index in [-0.39, 0.29) is 18.1 Å². The van der Waals surface area contributed by atoms with Crippen molar-refractivity contribution in [1.29, 1.82) is 0 Å². The minimum absolute atomic E-state index is 0.0799. The summed E-state index contributed by atoms with van der Waals surface area (Å²) in [7, 11) is 1.39. The molecule has 5 rings (SSSR count). The van der Waals surface area contributed by atoms with Gasteiger partial charge in [-0.15, -0.1) is 0 Å². The third kappa shape index (κ3) is 4.35. The highest BCUT2D eigenvalue weighted by atomic mass is 32.1. The topological polar surface area (TPSA) is 72.3 Å². The number of rotatable bonds is 6. The standard InChI is InChI=1S/C28H27N5O2S/c1-18-16-23(19(2)33(18)22-12-10-20(11-13-22)27(34)35-3)26-25(24-9-5-7-15-30-24)31-28(36)32(26)17-21-8-4-6-14-29-21/h4-16,25-26H,17H2,1-3H3,(H,31,36)/t25-,26+/m1/s1. The first-order chi connectivity index (χ1) is 17.5. The van der Waals surface area contributed by atoms with Crippen molar-refractivity contribution in [1.82, 2.24) is 24.8 Å². The van der Waals surface area contributed by atoms with E-state index >= 15 is 0 Å². The summed E-state index contributed by atoms with van der Waals surface area (Å²) in [6, 6.07) is 21.3. The number of methoxy groups -OCH3 is 1. The van der Waals surface area contributed by atoms with E-state index in [1.54, 1.807) is 18.3 Å². The van der Waals surface area contributed by atoms with E-state index in [4.69, 9.17) is 17.0 Å². The molecule has 2 atom stereocenters. The van der Waals surface area contributed by atoms with E-state index in [2.05, 4.69) is 44.7 Å². The number of esters is 1. The lowest BCUT2D eigenvalue weighted by Gasteiger charge is -2.28. The zero-order valence-corrected chi connectivity index (χ0v) is 21.2. The van der Waals surface area contributed by atoms with Gasteiger partial charge in [-0.2, -0.15) is 0 Å². The van der Waals surface area contributed by atoms with Gasteiger partial charge in [-0.05, 0) is 86.2 Å². The van der Waals surface area contributed by atoms with Gasteiger partial charge in [0, 0.05) is 29.5 Å². The molecule has 1 aliphatic rings. The van der Waals surface area contributed by atoms with Gasteiger partial charge in [0.05, 0.1) is 42.7 Å². The summed E-state index contributed by atoms with van der Waals surface area (Å²) in [6.07, 6.45) is 3.61. The summed E-state index contributed by atoms with van der Waals surface area (Å²) >= 11 is 5.83. The quantitative estimate of drug-likeness (QED) is 0.302. The van der Waals surface area contributed by atoms with E-state index in [1.165, 1.54) is 7.11 Å². The highest BCUT2D eigenvalue weighted by molar-refractivity contribution is 7.80. The molecule has 7 nitrogen and oxygen atoms in total. The van der Waals surface area contributed by atoms with Crippen LogP contribution in [0, 0.1) is 13.8 Å². The lowest BCUT2D eigenvalue weighted by molar-refractivity contribution is 0.0600. The molecule has 0 aliphatic carbocycles. The summed E-state index contributed by atoms with van der Waals surface area (Å²) in [5.74, 6) is -0.350. The number of carbonyl (C=O) groups is 1. The number of ether oxygens (including phenoxy) is 1. The van der Waals surface area contributed by atoms with Gasteiger partial charge in [0.1, 0.15) is 0 Å². The van der Waals surface area contributed by atoms with E-state index in [0.717, 1.165) is 34.0 Å². The lowest BCUT2D eigenvalue weighted by Crippen LogP contribution is -2.29. The van der Waals surface area contributed by atoms with Crippen molar-refractivity contribution >= 4 is 23.3 Å². The SMILES string of the molecule is COC(=O)c1ccc(-n2c(C)cc([C@H]3[C@@H](c4ccccn4)NC(=S)N3Cc3ccccn3)c2C)cc1. The number of pyridine rings is 2. The zero-order chi connectivity index (χ0) is 25.2. The lowest BCUT2D eigenvalue weighted by atomic mass is 9.96.